The predicted molar refractivity (Wildman–Crippen MR) is 99.8 cm³/mol. The zero-order valence-corrected chi connectivity index (χ0v) is 15.3. The number of H-pyrrole nitrogens is 1. The quantitative estimate of drug-likeness (QED) is 0.341. The molecule has 0 aliphatic carbocycles. The summed E-state index contributed by atoms with van der Waals surface area (Å²) >= 11 is 0. The van der Waals surface area contributed by atoms with Crippen LogP contribution in [-0.2, 0) is 0 Å². The summed E-state index contributed by atoms with van der Waals surface area (Å²) in [7, 11) is 0. The van der Waals surface area contributed by atoms with Gasteiger partial charge in [0.05, 0.1) is 6.20 Å². The van der Waals surface area contributed by atoms with E-state index in [0.717, 1.165) is 12.4 Å². The number of hydrogen-bond donors (Lipinski definition) is 2. The summed E-state index contributed by atoms with van der Waals surface area (Å²) in [6.07, 6.45) is 22.9. The molecule has 1 aromatic rings. The van der Waals surface area contributed by atoms with Crippen LogP contribution in [0.2, 0.25) is 0 Å². The van der Waals surface area contributed by atoms with Gasteiger partial charge in [-0.2, -0.15) is 10.3 Å². The maximum Gasteiger partial charge on any atom is 0.168 e. The molecule has 134 valence electrons. The molecule has 0 amide bonds. The first-order valence-corrected chi connectivity index (χ1v) is 10.0. The molecule has 23 heavy (non-hydrogen) atoms. The fraction of sp³-hybridized carbons (Fsp3) is 0.895. The van der Waals surface area contributed by atoms with Crippen molar-refractivity contribution >= 4 is 5.82 Å². The van der Waals surface area contributed by atoms with E-state index in [9.17, 15) is 0 Å². The van der Waals surface area contributed by atoms with Crippen LogP contribution in [0.4, 0.5) is 5.82 Å². The first-order valence-electron chi connectivity index (χ1n) is 10.0. The molecule has 0 aromatic carbocycles. The van der Waals surface area contributed by atoms with Crippen molar-refractivity contribution in [1.29, 1.82) is 0 Å². The number of aromatic nitrogens is 3. The monoisotopic (exact) mass is 322 g/mol. The van der Waals surface area contributed by atoms with E-state index in [1.165, 1.54) is 96.3 Å². The van der Waals surface area contributed by atoms with E-state index in [-0.39, 0.29) is 0 Å². The van der Waals surface area contributed by atoms with Gasteiger partial charge in [-0.3, -0.25) is 0 Å². The third kappa shape index (κ3) is 13.1. The molecule has 0 spiro atoms. The molecule has 2 N–H and O–H groups in total. The molecule has 0 radical (unpaired) electrons. The largest absolute Gasteiger partial charge is 0.367 e. The maximum absolute atomic E-state index is 3.98. The van der Waals surface area contributed by atoms with Crippen molar-refractivity contribution in [2.24, 2.45) is 0 Å². The number of rotatable bonds is 17. The third-order valence-electron chi connectivity index (χ3n) is 4.50. The Balaban J connectivity index is 1.67. The Labute approximate surface area is 143 Å². The molecule has 0 atom stereocenters. The van der Waals surface area contributed by atoms with E-state index in [1.54, 1.807) is 6.20 Å². The van der Waals surface area contributed by atoms with Crippen LogP contribution < -0.4 is 5.32 Å². The number of hydrogen-bond acceptors (Lipinski definition) is 3. The number of unbranched alkanes of at least 4 members (excludes halogenated alkanes) is 14. The van der Waals surface area contributed by atoms with Gasteiger partial charge in [0, 0.05) is 6.54 Å². The van der Waals surface area contributed by atoms with E-state index in [2.05, 4.69) is 27.7 Å². The van der Waals surface area contributed by atoms with Gasteiger partial charge in [0.25, 0.3) is 0 Å². The van der Waals surface area contributed by atoms with Gasteiger partial charge in [-0.05, 0) is 6.42 Å². The average Bonchev–Trinajstić information content (AvgIpc) is 3.08. The Morgan fingerprint density at radius 1 is 0.739 bits per heavy atom. The normalized spacial score (nSPS) is 11.0. The summed E-state index contributed by atoms with van der Waals surface area (Å²) in [6.45, 7) is 3.29. The summed E-state index contributed by atoms with van der Waals surface area (Å²) in [5, 5.41) is 13.6. The highest BCUT2D eigenvalue weighted by Gasteiger charge is 1.95. The van der Waals surface area contributed by atoms with E-state index in [1.807, 2.05) is 0 Å². The van der Waals surface area contributed by atoms with Gasteiger partial charge in [-0.15, -0.1) is 5.10 Å². The maximum atomic E-state index is 3.98. The summed E-state index contributed by atoms with van der Waals surface area (Å²) in [5.41, 5.74) is 0. The lowest BCUT2D eigenvalue weighted by Gasteiger charge is -2.04. The fourth-order valence-electron chi connectivity index (χ4n) is 3.00. The van der Waals surface area contributed by atoms with Crippen molar-refractivity contribution < 1.29 is 0 Å². The molecule has 0 bridgehead atoms. The smallest absolute Gasteiger partial charge is 0.168 e. The fourth-order valence-corrected chi connectivity index (χ4v) is 3.00. The van der Waals surface area contributed by atoms with Crippen molar-refractivity contribution in [3.8, 4) is 0 Å². The lowest BCUT2D eigenvalue weighted by atomic mass is 10.0. The first kappa shape index (κ1) is 20.0. The topological polar surface area (TPSA) is 53.6 Å². The van der Waals surface area contributed by atoms with Crippen LogP contribution >= 0.6 is 0 Å². The van der Waals surface area contributed by atoms with Gasteiger partial charge in [0.2, 0.25) is 0 Å². The standard InChI is InChI=1S/C19H38N4/c1-2-3-4-5-6-7-8-9-10-11-12-13-14-15-16-17-20-19-18-21-23-22-19/h18H,2-17H2,1H3,(H2,20,21,22,23). The summed E-state index contributed by atoms with van der Waals surface area (Å²) < 4.78 is 0. The van der Waals surface area contributed by atoms with E-state index in [4.69, 9.17) is 0 Å². The second kappa shape index (κ2) is 15.8. The zero-order valence-electron chi connectivity index (χ0n) is 15.3. The van der Waals surface area contributed by atoms with Gasteiger partial charge in [-0.1, -0.05) is 96.8 Å². The minimum Gasteiger partial charge on any atom is -0.367 e. The first-order chi connectivity index (χ1) is 11.4. The van der Waals surface area contributed by atoms with E-state index in [0.29, 0.717) is 0 Å². The molecular formula is C19H38N4. The Morgan fingerprint density at radius 2 is 1.22 bits per heavy atom. The molecule has 1 heterocycles. The Morgan fingerprint density at radius 3 is 1.65 bits per heavy atom. The molecule has 0 saturated heterocycles. The van der Waals surface area contributed by atoms with Gasteiger partial charge in [0.1, 0.15) is 0 Å². The number of nitrogens with zero attached hydrogens (tertiary/aromatic N) is 2. The van der Waals surface area contributed by atoms with Crippen LogP contribution in [0.5, 0.6) is 0 Å². The van der Waals surface area contributed by atoms with Gasteiger partial charge >= 0.3 is 0 Å². The molecule has 0 unspecified atom stereocenters. The highest BCUT2D eigenvalue weighted by atomic mass is 15.3. The van der Waals surface area contributed by atoms with Crippen LogP contribution in [0.3, 0.4) is 0 Å². The molecule has 0 aliphatic heterocycles. The molecule has 1 aromatic heterocycles. The highest BCUT2D eigenvalue weighted by molar-refractivity contribution is 5.27. The van der Waals surface area contributed by atoms with E-state index >= 15 is 0 Å². The van der Waals surface area contributed by atoms with Crippen LogP contribution in [0.25, 0.3) is 0 Å². The second-order valence-electron chi connectivity index (χ2n) is 6.73. The average molecular weight is 323 g/mol. The number of aromatic amines is 1. The van der Waals surface area contributed by atoms with Crippen LogP contribution in [0.1, 0.15) is 103 Å². The zero-order chi connectivity index (χ0) is 16.4. The Hall–Kier alpha value is -1.06. The molecule has 0 saturated carbocycles. The van der Waals surface area contributed by atoms with Gasteiger partial charge in [-0.25, -0.2) is 0 Å². The van der Waals surface area contributed by atoms with Crippen molar-refractivity contribution in [2.45, 2.75) is 103 Å². The Bertz CT molecular complexity index is 324. The molecule has 1 rings (SSSR count). The molecule has 0 fully saturated rings. The lowest BCUT2D eigenvalue weighted by molar-refractivity contribution is 0.533. The van der Waals surface area contributed by atoms with Gasteiger partial charge < -0.3 is 5.32 Å². The highest BCUT2D eigenvalue weighted by Crippen LogP contribution is 2.13. The van der Waals surface area contributed by atoms with Crippen molar-refractivity contribution in [3.05, 3.63) is 6.20 Å². The van der Waals surface area contributed by atoms with Gasteiger partial charge in [0.15, 0.2) is 5.82 Å². The van der Waals surface area contributed by atoms with Crippen molar-refractivity contribution in [3.63, 3.8) is 0 Å². The van der Waals surface area contributed by atoms with Crippen molar-refractivity contribution in [1.82, 2.24) is 15.4 Å². The van der Waals surface area contributed by atoms with Crippen LogP contribution in [0.15, 0.2) is 6.20 Å². The van der Waals surface area contributed by atoms with E-state index < -0.39 is 0 Å². The minimum absolute atomic E-state index is 0.857. The molecular weight excluding hydrogens is 284 g/mol. The molecule has 0 aliphatic rings. The van der Waals surface area contributed by atoms with Crippen molar-refractivity contribution in [2.75, 3.05) is 11.9 Å². The third-order valence-corrected chi connectivity index (χ3v) is 4.50. The minimum atomic E-state index is 0.857. The molecule has 4 heteroatoms. The van der Waals surface area contributed by atoms with Crippen LogP contribution in [-0.4, -0.2) is 22.0 Å². The number of nitrogens with one attached hydrogen (secondary N) is 2. The summed E-state index contributed by atoms with van der Waals surface area (Å²) in [5.74, 6) is 0.857. The Kier molecular flexibility index (Phi) is 13.7. The van der Waals surface area contributed by atoms with Crippen LogP contribution in [0, 0.1) is 0 Å². The predicted octanol–water partition coefficient (Wildman–Crippen LogP) is 6.09. The summed E-state index contributed by atoms with van der Waals surface area (Å²) in [6, 6.07) is 0. The summed E-state index contributed by atoms with van der Waals surface area (Å²) in [4.78, 5) is 0. The molecule has 4 nitrogen and oxygen atoms in total. The number of anilines is 1. The lowest BCUT2D eigenvalue weighted by Crippen LogP contribution is -2.01. The SMILES string of the molecule is CCCCCCCCCCCCCCCCCNc1cn[nH]n1. The second-order valence-corrected chi connectivity index (χ2v) is 6.73.